The van der Waals surface area contributed by atoms with Gasteiger partial charge in [0.2, 0.25) is 0 Å². The zero-order chi connectivity index (χ0) is 18.5. The van der Waals surface area contributed by atoms with E-state index in [0.717, 1.165) is 11.1 Å². The topological polar surface area (TPSA) is 76.7 Å². The van der Waals surface area contributed by atoms with E-state index in [4.69, 9.17) is 9.15 Å². The van der Waals surface area contributed by atoms with Gasteiger partial charge in [0.05, 0.1) is 0 Å². The van der Waals surface area contributed by atoms with E-state index >= 15 is 0 Å². The Bertz CT molecular complexity index is 973. The molecular weight excluding hydrogens is 332 g/mol. The molecule has 3 aromatic rings. The second-order valence-corrected chi connectivity index (χ2v) is 6.07. The van der Waals surface area contributed by atoms with Crippen LogP contribution in [-0.2, 0) is 29.0 Å². The van der Waals surface area contributed by atoms with Crippen LogP contribution >= 0.6 is 0 Å². The Morgan fingerprint density at radius 1 is 1.12 bits per heavy atom. The van der Waals surface area contributed by atoms with Crippen molar-refractivity contribution in [1.29, 1.82) is 0 Å². The van der Waals surface area contributed by atoms with Gasteiger partial charge in [-0.3, -0.25) is 4.79 Å². The number of aromatic hydroxyl groups is 1. The van der Waals surface area contributed by atoms with Crippen LogP contribution in [0.2, 0.25) is 0 Å². The Morgan fingerprint density at radius 2 is 1.88 bits per heavy atom. The molecule has 1 N–H and O–H groups in total. The maximum absolute atomic E-state index is 12.0. The summed E-state index contributed by atoms with van der Waals surface area (Å²) in [7, 11) is 0. The molecule has 0 amide bonds. The first kappa shape index (κ1) is 17.7. The minimum atomic E-state index is -0.545. The third-order valence-corrected chi connectivity index (χ3v) is 4.26. The van der Waals surface area contributed by atoms with Gasteiger partial charge in [0.1, 0.15) is 17.9 Å². The van der Waals surface area contributed by atoms with Gasteiger partial charge in [0, 0.05) is 29.5 Å². The number of hydrogen-bond donors (Lipinski definition) is 1. The fraction of sp³-hybridized carbons (Fsp3) is 0.238. The molecule has 1 heterocycles. The lowest BCUT2D eigenvalue weighted by atomic mass is 10.0. The van der Waals surface area contributed by atoms with Crippen LogP contribution in [0.25, 0.3) is 11.0 Å². The molecular formula is C21H20O5. The number of aryl methyl sites for hydroxylation is 2. The number of benzene rings is 2. The van der Waals surface area contributed by atoms with Crippen molar-refractivity contribution in [3.8, 4) is 5.75 Å². The molecule has 1 aromatic heterocycles. The van der Waals surface area contributed by atoms with E-state index in [2.05, 4.69) is 0 Å². The highest BCUT2D eigenvalue weighted by Gasteiger charge is 2.12. The summed E-state index contributed by atoms with van der Waals surface area (Å²) >= 11 is 0. The number of esters is 1. The Labute approximate surface area is 150 Å². The maximum atomic E-state index is 12.0. The number of carbonyl (C=O) groups excluding carboxylic acids is 1. The van der Waals surface area contributed by atoms with E-state index in [1.165, 1.54) is 12.1 Å². The predicted octanol–water partition coefficient (Wildman–Crippen LogP) is 3.74. The second kappa shape index (κ2) is 7.87. The molecule has 0 aliphatic rings. The molecule has 0 aliphatic heterocycles. The van der Waals surface area contributed by atoms with Crippen molar-refractivity contribution >= 4 is 16.9 Å². The van der Waals surface area contributed by atoms with Crippen molar-refractivity contribution in [3.05, 3.63) is 75.6 Å². The summed E-state index contributed by atoms with van der Waals surface area (Å²) in [5, 5.41) is 10.6. The van der Waals surface area contributed by atoms with Crippen molar-refractivity contribution < 1.29 is 19.1 Å². The minimum absolute atomic E-state index is 0.0103. The van der Waals surface area contributed by atoms with Crippen molar-refractivity contribution in [3.63, 3.8) is 0 Å². The van der Waals surface area contributed by atoms with Crippen molar-refractivity contribution in [2.45, 2.75) is 32.8 Å². The van der Waals surface area contributed by atoms with Crippen molar-refractivity contribution in [2.75, 3.05) is 0 Å². The average Bonchev–Trinajstić information content (AvgIpc) is 2.64. The standard InChI is InChI=1S/C21H20O5/c1-2-15-10-17-16(11-21(24)26-19(17)12-18(15)22)13-25-20(23)9-8-14-6-4-3-5-7-14/h3-7,10-12,22H,2,8-9,13H2,1H3. The number of hydrogen-bond acceptors (Lipinski definition) is 5. The molecule has 0 atom stereocenters. The van der Waals surface area contributed by atoms with Gasteiger partial charge in [0.15, 0.2) is 0 Å². The molecule has 2 aromatic carbocycles. The van der Waals surface area contributed by atoms with Crippen LogP contribution in [0.1, 0.15) is 30.0 Å². The van der Waals surface area contributed by atoms with Crippen LogP contribution in [0.5, 0.6) is 5.75 Å². The number of ether oxygens (including phenoxy) is 1. The molecule has 134 valence electrons. The highest BCUT2D eigenvalue weighted by molar-refractivity contribution is 5.83. The van der Waals surface area contributed by atoms with Crippen LogP contribution in [0, 0.1) is 0 Å². The quantitative estimate of drug-likeness (QED) is 0.540. The first-order valence-electron chi connectivity index (χ1n) is 8.55. The monoisotopic (exact) mass is 352 g/mol. The van der Waals surface area contributed by atoms with Crippen LogP contribution < -0.4 is 5.63 Å². The summed E-state index contributed by atoms with van der Waals surface area (Å²) in [6, 6.07) is 14.2. The summed E-state index contributed by atoms with van der Waals surface area (Å²) in [6.45, 7) is 1.91. The molecule has 0 aliphatic carbocycles. The largest absolute Gasteiger partial charge is 0.508 e. The van der Waals surface area contributed by atoms with E-state index in [1.807, 2.05) is 37.3 Å². The van der Waals surface area contributed by atoms with E-state index in [1.54, 1.807) is 6.07 Å². The summed E-state index contributed by atoms with van der Waals surface area (Å²) in [6.07, 6.45) is 1.51. The smallest absolute Gasteiger partial charge is 0.336 e. The lowest BCUT2D eigenvalue weighted by Crippen LogP contribution is -2.08. The third-order valence-electron chi connectivity index (χ3n) is 4.26. The highest BCUT2D eigenvalue weighted by atomic mass is 16.5. The molecule has 0 saturated heterocycles. The summed E-state index contributed by atoms with van der Waals surface area (Å²) in [4.78, 5) is 23.8. The zero-order valence-electron chi connectivity index (χ0n) is 14.5. The number of phenolic OH excluding ortho intramolecular Hbond substituents is 1. The van der Waals surface area contributed by atoms with E-state index in [9.17, 15) is 14.7 Å². The van der Waals surface area contributed by atoms with Gasteiger partial charge < -0.3 is 14.3 Å². The Hall–Kier alpha value is -3.08. The molecule has 0 fully saturated rings. The van der Waals surface area contributed by atoms with Gasteiger partial charge in [-0.25, -0.2) is 4.79 Å². The molecule has 5 nitrogen and oxygen atoms in total. The molecule has 0 bridgehead atoms. The van der Waals surface area contributed by atoms with Gasteiger partial charge in [-0.05, 0) is 30.0 Å². The summed E-state index contributed by atoms with van der Waals surface area (Å²) in [5.41, 5.74) is 2.11. The SMILES string of the molecule is CCc1cc2c(COC(=O)CCc3ccccc3)cc(=O)oc2cc1O. The fourth-order valence-electron chi connectivity index (χ4n) is 2.83. The van der Waals surface area contributed by atoms with Crippen LogP contribution in [0.3, 0.4) is 0 Å². The lowest BCUT2D eigenvalue weighted by molar-refractivity contribution is -0.144. The molecule has 0 unspecified atom stereocenters. The zero-order valence-corrected chi connectivity index (χ0v) is 14.5. The number of fused-ring (bicyclic) bond motifs is 1. The van der Waals surface area contributed by atoms with Gasteiger partial charge in [-0.1, -0.05) is 37.3 Å². The first-order valence-corrected chi connectivity index (χ1v) is 8.55. The summed E-state index contributed by atoms with van der Waals surface area (Å²) < 4.78 is 10.5. The van der Waals surface area contributed by atoms with Gasteiger partial charge >= 0.3 is 11.6 Å². The molecule has 0 saturated carbocycles. The molecule has 0 radical (unpaired) electrons. The first-order chi connectivity index (χ1) is 12.6. The molecule has 5 heteroatoms. The van der Waals surface area contributed by atoms with E-state index in [-0.39, 0.29) is 30.3 Å². The normalized spacial score (nSPS) is 10.8. The van der Waals surface area contributed by atoms with Crippen LogP contribution in [0.15, 0.2) is 57.7 Å². The maximum Gasteiger partial charge on any atom is 0.336 e. The molecule has 26 heavy (non-hydrogen) atoms. The van der Waals surface area contributed by atoms with Gasteiger partial charge in [-0.15, -0.1) is 0 Å². The van der Waals surface area contributed by atoms with E-state index < -0.39 is 5.63 Å². The van der Waals surface area contributed by atoms with Crippen LogP contribution in [-0.4, -0.2) is 11.1 Å². The molecule has 3 rings (SSSR count). The van der Waals surface area contributed by atoms with Gasteiger partial charge in [0.25, 0.3) is 0 Å². The Kier molecular flexibility index (Phi) is 5.37. The number of carbonyl (C=O) groups is 1. The Balaban J connectivity index is 1.73. The number of rotatable bonds is 6. The second-order valence-electron chi connectivity index (χ2n) is 6.07. The van der Waals surface area contributed by atoms with E-state index in [0.29, 0.717) is 23.8 Å². The number of phenols is 1. The predicted molar refractivity (Wildman–Crippen MR) is 98.1 cm³/mol. The summed E-state index contributed by atoms with van der Waals surface area (Å²) in [5.74, 6) is -0.245. The highest BCUT2D eigenvalue weighted by Crippen LogP contribution is 2.27. The lowest BCUT2D eigenvalue weighted by Gasteiger charge is -2.09. The van der Waals surface area contributed by atoms with Gasteiger partial charge in [-0.2, -0.15) is 0 Å². The van der Waals surface area contributed by atoms with Crippen molar-refractivity contribution in [1.82, 2.24) is 0 Å². The molecule has 0 spiro atoms. The average molecular weight is 352 g/mol. The Morgan fingerprint density at radius 3 is 2.62 bits per heavy atom. The fourth-order valence-corrected chi connectivity index (χ4v) is 2.83. The minimum Gasteiger partial charge on any atom is -0.508 e. The van der Waals surface area contributed by atoms with Crippen molar-refractivity contribution in [2.24, 2.45) is 0 Å². The third kappa shape index (κ3) is 4.11. The van der Waals surface area contributed by atoms with Crippen LogP contribution in [0.4, 0.5) is 0 Å².